The van der Waals surface area contributed by atoms with Crippen LogP contribution in [0.15, 0.2) is 28.8 Å². The summed E-state index contributed by atoms with van der Waals surface area (Å²) < 4.78 is 53.0. The van der Waals surface area contributed by atoms with Crippen LogP contribution in [0.3, 0.4) is 0 Å². The quantitative estimate of drug-likeness (QED) is 0.612. The van der Waals surface area contributed by atoms with Crippen LogP contribution in [0.2, 0.25) is 0 Å². The molecular formula is C17H20F3N3O4. The third-order valence-corrected chi connectivity index (χ3v) is 3.57. The summed E-state index contributed by atoms with van der Waals surface area (Å²) in [6.45, 7) is 3.01. The molecule has 0 aliphatic rings. The van der Waals surface area contributed by atoms with Crippen LogP contribution in [-0.2, 0) is 27.0 Å². The van der Waals surface area contributed by atoms with E-state index in [-0.39, 0.29) is 31.4 Å². The van der Waals surface area contributed by atoms with E-state index in [9.17, 15) is 18.0 Å². The maximum absolute atomic E-state index is 12.6. The predicted molar refractivity (Wildman–Crippen MR) is 88.5 cm³/mol. The molecule has 2 aromatic rings. The number of halogens is 3. The van der Waals surface area contributed by atoms with E-state index in [0.29, 0.717) is 18.7 Å². The largest absolute Gasteiger partial charge is 0.465 e. The average molecular weight is 387 g/mol. The average Bonchev–Trinajstić information content (AvgIpc) is 3.07. The Hall–Kier alpha value is -2.46. The third-order valence-electron chi connectivity index (χ3n) is 3.57. The van der Waals surface area contributed by atoms with Crippen molar-refractivity contribution in [2.45, 2.75) is 19.6 Å². The molecule has 0 unspecified atom stereocenters. The molecule has 0 aliphatic carbocycles. The lowest BCUT2D eigenvalue weighted by molar-refractivity contribution is -0.144. The second kappa shape index (κ2) is 9.47. The van der Waals surface area contributed by atoms with Crippen molar-refractivity contribution in [2.75, 3.05) is 33.4 Å². The van der Waals surface area contributed by atoms with E-state index in [1.54, 1.807) is 11.8 Å². The fraction of sp³-hybridized carbons (Fsp3) is 0.471. The zero-order chi connectivity index (χ0) is 19.9. The van der Waals surface area contributed by atoms with Crippen molar-refractivity contribution in [1.82, 2.24) is 15.0 Å². The lowest BCUT2D eigenvalue weighted by Crippen LogP contribution is -2.33. The Morgan fingerprint density at radius 1 is 1.26 bits per heavy atom. The fourth-order valence-electron chi connectivity index (χ4n) is 2.26. The molecule has 1 aromatic carbocycles. The molecule has 27 heavy (non-hydrogen) atoms. The maximum Gasteiger partial charge on any atom is 0.416 e. The van der Waals surface area contributed by atoms with Crippen molar-refractivity contribution in [3.63, 3.8) is 0 Å². The first-order valence-electron chi connectivity index (χ1n) is 8.20. The highest BCUT2D eigenvalue weighted by Crippen LogP contribution is 2.30. The van der Waals surface area contributed by atoms with Gasteiger partial charge in [0.25, 0.3) is 0 Å². The topological polar surface area (TPSA) is 77.7 Å². The fourth-order valence-corrected chi connectivity index (χ4v) is 2.26. The summed E-state index contributed by atoms with van der Waals surface area (Å²) in [6.07, 6.45) is -4.41. The van der Waals surface area contributed by atoms with Gasteiger partial charge in [-0.3, -0.25) is 9.69 Å². The molecule has 0 atom stereocenters. The number of hydrogen-bond donors (Lipinski definition) is 0. The Morgan fingerprint density at radius 2 is 1.96 bits per heavy atom. The van der Waals surface area contributed by atoms with E-state index < -0.39 is 17.7 Å². The number of esters is 1. The summed E-state index contributed by atoms with van der Waals surface area (Å²) in [6, 6.07) is 4.46. The van der Waals surface area contributed by atoms with Crippen molar-refractivity contribution in [2.24, 2.45) is 0 Å². The third kappa shape index (κ3) is 6.33. The van der Waals surface area contributed by atoms with E-state index in [1.807, 2.05) is 0 Å². The number of aromatic nitrogens is 2. The Kier molecular flexibility index (Phi) is 7.31. The molecule has 0 amide bonds. The van der Waals surface area contributed by atoms with E-state index >= 15 is 0 Å². The van der Waals surface area contributed by atoms with Crippen molar-refractivity contribution in [3.8, 4) is 11.4 Å². The smallest absolute Gasteiger partial charge is 0.416 e. The van der Waals surface area contributed by atoms with Crippen LogP contribution in [0.1, 0.15) is 18.4 Å². The monoisotopic (exact) mass is 387 g/mol. The van der Waals surface area contributed by atoms with Gasteiger partial charge >= 0.3 is 12.1 Å². The molecule has 7 nitrogen and oxygen atoms in total. The molecule has 148 valence electrons. The lowest BCUT2D eigenvalue weighted by atomic mass is 10.1. The van der Waals surface area contributed by atoms with Crippen molar-refractivity contribution < 1.29 is 32.0 Å². The number of rotatable bonds is 9. The van der Waals surface area contributed by atoms with Crippen LogP contribution >= 0.6 is 0 Å². The molecule has 1 heterocycles. The number of carbonyl (C=O) groups is 1. The molecule has 0 N–H and O–H groups in total. The van der Waals surface area contributed by atoms with Gasteiger partial charge in [-0.1, -0.05) is 17.3 Å². The van der Waals surface area contributed by atoms with Gasteiger partial charge in [0.1, 0.15) is 0 Å². The molecule has 0 spiro atoms. The van der Waals surface area contributed by atoms with Gasteiger partial charge in [-0.25, -0.2) is 0 Å². The van der Waals surface area contributed by atoms with Gasteiger partial charge in [0.2, 0.25) is 11.7 Å². The van der Waals surface area contributed by atoms with Gasteiger partial charge in [-0.2, -0.15) is 18.2 Å². The summed E-state index contributed by atoms with van der Waals surface area (Å²) in [4.78, 5) is 17.6. The Morgan fingerprint density at radius 3 is 2.56 bits per heavy atom. The molecule has 10 heteroatoms. The van der Waals surface area contributed by atoms with Crippen LogP contribution < -0.4 is 0 Å². The minimum Gasteiger partial charge on any atom is -0.465 e. The SMILES string of the molecule is CCOC(=O)CN(CCOC)Cc1nc(-c2ccc(C(F)(F)F)cc2)no1. The minimum atomic E-state index is -4.41. The second-order valence-electron chi connectivity index (χ2n) is 5.60. The molecule has 0 saturated heterocycles. The van der Waals surface area contributed by atoms with Gasteiger partial charge in [-0.15, -0.1) is 0 Å². The summed E-state index contributed by atoms with van der Waals surface area (Å²) in [5.41, 5.74) is -0.359. The number of alkyl halides is 3. The number of ether oxygens (including phenoxy) is 2. The summed E-state index contributed by atoms with van der Waals surface area (Å²) in [5.74, 6) is 0.00271. The zero-order valence-electron chi connectivity index (χ0n) is 15.0. The summed E-state index contributed by atoms with van der Waals surface area (Å²) >= 11 is 0. The highest BCUT2D eigenvalue weighted by molar-refractivity contribution is 5.71. The van der Waals surface area contributed by atoms with Gasteiger partial charge in [0.05, 0.1) is 31.9 Å². The molecule has 1 aromatic heterocycles. The minimum absolute atomic E-state index is 0.0230. The molecule has 0 bridgehead atoms. The normalized spacial score (nSPS) is 11.8. The van der Waals surface area contributed by atoms with E-state index in [2.05, 4.69) is 10.1 Å². The number of hydrogen-bond acceptors (Lipinski definition) is 7. The zero-order valence-corrected chi connectivity index (χ0v) is 15.0. The van der Waals surface area contributed by atoms with Crippen LogP contribution in [0.5, 0.6) is 0 Å². The molecular weight excluding hydrogens is 367 g/mol. The van der Waals surface area contributed by atoms with Gasteiger partial charge < -0.3 is 14.0 Å². The highest BCUT2D eigenvalue weighted by Gasteiger charge is 2.30. The Balaban J connectivity index is 2.06. The Labute approximate surface area is 154 Å². The van der Waals surface area contributed by atoms with Crippen molar-refractivity contribution in [1.29, 1.82) is 0 Å². The lowest BCUT2D eigenvalue weighted by Gasteiger charge is -2.18. The molecule has 0 radical (unpaired) electrons. The van der Waals surface area contributed by atoms with Crippen molar-refractivity contribution in [3.05, 3.63) is 35.7 Å². The first-order chi connectivity index (χ1) is 12.8. The second-order valence-corrected chi connectivity index (χ2v) is 5.60. The first kappa shape index (κ1) is 20.8. The molecule has 0 saturated carbocycles. The summed E-state index contributed by atoms with van der Waals surface area (Å²) in [7, 11) is 1.54. The van der Waals surface area contributed by atoms with Crippen molar-refractivity contribution >= 4 is 5.97 Å². The number of benzene rings is 1. The van der Waals surface area contributed by atoms with Gasteiger partial charge in [-0.05, 0) is 19.1 Å². The number of methoxy groups -OCH3 is 1. The van der Waals surface area contributed by atoms with E-state index in [1.165, 1.54) is 19.2 Å². The summed E-state index contributed by atoms with van der Waals surface area (Å²) in [5, 5.41) is 3.79. The maximum atomic E-state index is 12.6. The molecule has 0 fully saturated rings. The van der Waals surface area contributed by atoms with Crippen LogP contribution in [0.25, 0.3) is 11.4 Å². The molecule has 2 rings (SSSR count). The molecule has 0 aliphatic heterocycles. The highest BCUT2D eigenvalue weighted by atomic mass is 19.4. The van der Waals surface area contributed by atoms with E-state index in [4.69, 9.17) is 14.0 Å². The van der Waals surface area contributed by atoms with Crippen LogP contribution in [-0.4, -0.2) is 54.4 Å². The Bertz CT molecular complexity index is 732. The predicted octanol–water partition coefficient (Wildman–Crippen LogP) is 2.77. The van der Waals surface area contributed by atoms with E-state index in [0.717, 1.165) is 12.1 Å². The number of carbonyl (C=O) groups excluding carboxylic acids is 1. The standard InChI is InChI=1S/C17H20F3N3O4/c1-3-26-15(24)11-23(8-9-25-2)10-14-21-16(22-27-14)12-4-6-13(7-5-12)17(18,19)20/h4-7H,3,8-11H2,1-2H3. The first-order valence-corrected chi connectivity index (χ1v) is 8.20. The van der Waals surface area contributed by atoms with Crippen LogP contribution in [0.4, 0.5) is 13.2 Å². The number of nitrogens with zero attached hydrogens (tertiary/aromatic N) is 3. The van der Waals surface area contributed by atoms with Crippen LogP contribution in [0, 0.1) is 0 Å². The van der Waals surface area contributed by atoms with Gasteiger partial charge in [0.15, 0.2) is 0 Å². The van der Waals surface area contributed by atoms with Gasteiger partial charge in [0, 0.05) is 19.2 Å².